The predicted molar refractivity (Wildman–Crippen MR) is 51.7 cm³/mol. The molecule has 0 atom stereocenters. The van der Waals surface area contributed by atoms with Crippen LogP contribution in [0.2, 0.25) is 0 Å². The molecule has 0 saturated carbocycles. The lowest BCUT2D eigenvalue weighted by molar-refractivity contribution is -0.142. The van der Waals surface area contributed by atoms with Crippen molar-refractivity contribution in [3.8, 4) is 0 Å². The minimum Gasteiger partial charge on any atom is -0.466 e. The van der Waals surface area contributed by atoms with Crippen molar-refractivity contribution in [1.82, 2.24) is 0 Å². The summed E-state index contributed by atoms with van der Waals surface area (Å²) < 4.78 is 54.4. The number of carbonyl (C=O) groups is 1. The summed E-state index contributed by atoms with van der Waals surface area (Å²) >= 11 is 0. The summed E-state index contributed by atoms with van der Waals surface area (Å²) in [5, 5.41) is 0. The number of rotatable bonds is 3. The van der Waals surface area contributed by atoms with E-state index in [2.05, 4.69) is 4.74 Å². The molecule has 2 nitrogen and oxygen atoms in total. The number of ether oxygens (including phenoxy) is 1. The molecule has 0 fully saturated rings. The van der Waals surface area contributed by atoms with Crippen LogP contribution in [0.25, 0.3) is 0 Å². The van der Waals surface area contributed by atoms with Gasteiger partial charge in [-0.15, -0.1) is 0 Å². The van der Waals surface area contributed by atoms with E-state index in [1.165, 1.54) is 0 Å². The summed E-state index contributed by atoms with van der Waals surface area (Å²) in [6.07, 6.45) is -4.98. The van der Waals surface area contributed by atoms with Gasteiger partial charge < -0.3 is 4.74 Å². The van der Waals surface area contributed by atoms with Crippen molar-refractivity contribution in [2.75, 3.05) is 6.61 Å². The van der Waals surface area contributed by atoms with Gasteiger partial charge in [-0.05, 0) is 24.6 Å². The Balaban J connectivity index is 2.86. The van der Waals surface area contributed by atoms with Gasteiger partial charge in [-0.1, -0.05) is 6.07 Å². The zero-order chi connectivity index (χ0) is 13.1. The highest BCUT2D eigenvalue weighted by Crippen LogP contribution is 2.31. The Bertz CT molecular complexity index is 412. The van der Waals surface area contributed by atoms with Crippen LogP contribution in [0.15, 0.2) is 18.2 Å². The zero-order valence-electron chi connectivity index (χ0n) is 8.97. The molecule has 0 radical (unpaired) electrons. The largest absolute Gasteiger partial charge is 0.466 e. The number of alkyl halides is 3. The van der Waals surface area contributed by atoms with Crippen LogP contribution in [0.3, 0.4) is 0 Å². The van der Waals surface area contributed by atoms with Gasteiger partial charge in [0.15, 0.2) is 0 Å². The first-order valence-corrected chi connectivity index (χ1v) is 4.86. The van der Waals surface area contributed by atoms with Crippen molar-refractivity contribution in [2.45, 2.75) is 19.5 Å². The van der Waals surface area contributed by atoms with Crippen molar-refractivity contribution < 1.29 is 27.1 Å². The molecule has 1 aromatic carbocycles. The van der Waals surface area contributed by atoms with E-state index in [1.807, 2.05) is 0 Å². The maximum atomic E-state index is 13.1. The van der Waals surface area contributed by atoms with E-state index in [-0.39, 0.29) is 18.6 Å². The lowest BCUT2D eigenvalue weighted by atomic mass is 10.1. The Morgan fingerprint density at radius 1 is 1.35 bits per heavy atom. The fraction of sp³-hybridized carbons (Fsp3) is 0.364. The highest BCUT2D eigenvalue weighted by molar-refractivity contribution is 5.72. The average molecular weight is 250 g/mol. The number of hydrogen-bond donors (Lipinski definition) is 0. The molecular weight excluding hydrogens is 240 g/mol. The molecule has 0 heterocycles. The molecule has 0 amide bonds. The van der Waals surface area contributed by atoms with Crippen molar-refractivity contribution in [3.63, 3.8) is 0 Å². The maximum absolute atomic E-state index is 13.1. The first-order chi connectivity index (χ1) is 7.84. The maximum Gasteiger partial charge on any atom is 0.419 e. The molecule has 6 heteroatoms. The standard InChI is InChI=1S/C11H10F4O2/c1-2-17-10(16)6-7-3-4-8(9(12)5-7)11(13,14)15/h3-5H,2,6H2,1H3. The number of benzene rings is 1. The summed E-state index contributed by atoms with van der Waals surface area (Å²) in [5.41, 5.74) is -1.20. The fourth-order valence-electron chi connectivity index (χ4n) is 1.28. The van der Waals surface area contributed by atoms with Gasteiger partial charge in [-0.2, -0.15) is 13.2 Å². The average Bonchev–Trinajstić information content (AvgIpc) is 2.15. The molecule has 0 N–H and O–H groups in total. The molecule has 0 unspecified atom stereocenters. The zero-order valence-corrected chi connectivity index (χ0v) is 8.97. The molecule has 1 rings (SSSR count). The van der Waals surface area contributed by atoms with Gasteiger partial charge in [0.1, 0.15) is 5.82 Å². The molecule has 1 aromatic rings. The molecule has 0 aliphatic carbocycles. The van der Waals surface area contributed by atoms with Crippen molar-refractivity contribution in [2.24, 2.45) is 0 Å². The van der Waals surface area contributed by atoms with Gasteiger partial charge in [0.05, 0.1) is 18.6 Å². The quantitative estimate of drug-likeness (QED) is 0.609. The fourth-order valence-corrected chi connectivity index (χ4v) is 1.28. The summed E-state index contributed by atoms with van der Waals surface area (Å²) in [4.78, 5) is 11.0. The molecule has 0 aliphatic rings. The van der Waals surface area contributed by atoms with E-state index < -0.39 is 23.5 Å². The SMILES string of the molecule is CCOC(=O)Cc1ccc(C(F)(F)F)c(F)c1. The van der Waals surface area contributed by atoms with Gasteiger partial charge in [-0.25, -0.2) is 4.39 Å². The van der Waals surface area contributed by atoms with Crippen molar-refractivity contribution in [1.29, 1.82) is 0 Å². The summed E-state index contributed by atoms with van der Waals surface area (Å²) in [6.45, 7) is 1.77. The second-order valence-electron chi connectivity index (χ2n) is 3.29. The third-order valence-electron chi connectivity index (χ3n) is 1.99. The van der Waals surface area contributed by atoms with Crippen LogP contribution >= 0.6 is 0 Å². The van der Waals surface area contributed by atoms with E-state index in [0.29, 0.717) is 12.1 Å². The van der Waals surface area contributed by atoms with Gasteiger partial charge in [0, 0.05) is 0 Å². The van der Waals surface area contributed by atoms with Gasteiger partial charge in [-0.3, -0.25) is 4.79 Å². The summed E-state index contributed by atoms with van der Waals surface area (Å²) in [5.74, 6) is -1.99. The molecule has 0 bridgehead atoms. The predicted octanol–water partition coefficient (Wildman–Crippen LogP) is 2.95. The van der Waals surface area contributed by atoms with Crippen LogP contribution in [0.5, 0.6) is 0 Å². The normalized spacial score (nSPS) is 11.4. The molecule has 0 aliphatic heterocycles. The summed E-state index contributed by atoms with van der Waals surface area (Å²) in [6, 6.07) is 2.37. The van der Waals surface area contributed by atoms with Crippen molar-refractivity contribution >= 4 is 5.97 Å². The molecule has 94 valence electrons. The first-order valence-electron chi connectivity index (χ1n) is 4.86. The Morgan fingerprint density at radius 3 is 2.47 bits per heavy atom. The lowest BCUT2D eigenvalue weighted by Gasteiger charge is -2.09. The third-order valence-corrected chi connectivity index (χ3v) is 1.99. The van der Waals surface area contributed by atoms with E-state index in [4.69, 9.17) is 0 Å². The Hall–Kier alpha value is -1.59. The summed E-state index contributed by atoms with van der Waals surface area (Å²) in [7, 11) is 0. The monoisotopic (exact) mass is 250 g/mol. The highest BCUT2D eigenvalue weighted by atomic mass is 19.4. The number of carbonyl (C=O) groups excluding carboxylic acids is 1. The van der Waals surface area contributed by atoms with Crippen molar-refractivity contribution in [3.05, 3.63) is 35.1 Å². The van der Waals surface area contributed by atoms with E-state index in [9.17, 15) is 22.4 Å². The molecule has 0 aromatic heterocycles. The molecule has 0 saturated heterocycles. The van der Waals surface area contributed by atoms with Crippen LogP contribution in [0.1, 0.15) is 18.1 Å². The Kier molecular flexibility index (Phi) is 4.09. The molecular formula is C11H10F4O2. The minimum atomic E-state index is -4.73. The van der Waals surface area contributed by atoms with Crippen LogP contribution in [-0.2, 0) is 22.1 Å². The minimum absolute atomic E-state index is 0.147. The number of esters is 1. The third kappa shape index (κ3) is 3.72. The van der Waals surface area contributed by atoms with Gasteiger partial charge in [0.2, 0.25) is 0 Å². The van der Waals surface area contributed by atoms with Crippen LogP contribution in [0.4, 0.5) is 17.6 Å². The van der Waals surface area contributed by atoms with E-state index >= 15 is 0 Å². The Morgan fingerprint density at radius 2 is 2.00 bits per heavy atom. The number of halogens is 4. The van der Waals surface area contributed by atoms with Gasteiger partial charge >= 0.3 is 12.1 Å². The number of hydrogen-bond acceptors (Lipinski definition) is 2. The van der Waals surface area contributed by atoms with Gasteiger partial charge in [0.25, 0.3) is 0 Å². The Labute approximate surface area is 95.2 Å². The van der Waals surface area contributed by atoms with E-state index in [1.54, 1.807) is 6.92 Å². The molecule has 17 heavy (non-hydrogen) atoms. The van der Waals surface area contributed by atoms with E-state index in [0.717, 1.165) is 6.07 Å². The topological polar surface area (TPSA) is 26.3 Å². The molecule has 0 spiro atoms. The van der Waals surface area contributed by atoms with Crippen LogP contribution in [-0.4, -0.2) is 12.6 Å². The highest BCUT2D eigenvalue weighted by Gasteiger charge is 2.33. The van der Waals surface area contributed by atoms with Crippen LogP contribution in [0, 0.1) is 5.82 Å². The smallest absolute Gasteiger partial charge is 0.419 e. The lowest BCUT2D eigenvalue weighted by Crippen LogP contribution is -2.11. The first kappa shape index (κ1) is 13.5. The second-order valence-corrected chi connectivity index (χ2v) is 3.29. The second kappa shape index (κ2) is 5.16. The van der Waals surface area contributed by atoms with Crippen LogP contribution < -0.4 is 0 Å².